The molecule has 1 aliphatic heterocycles. The summed E-state index contributed by atoms with van der Waals surface area (Å²) in [4.78, 5) is 0. The van der Waals surface area contributed by atoms with E-state index in [-0.39, 0.29) is 6.04 Å². The van der Waals surface area contributed by atoms with Crippen molar-refractivity contribution in [3.8, 4) is 0 Å². The summed E-state index contributed by atoms with van der Waals surface area (Å²) >= 11 is 0. The monoisotopic (exact) mass is 177 g/mol. The molecule has 0 bridgehead atoms. The van der Waals surface area contributed by atoms with E-state index in [1.807, 2.05) is 30.3 Å². The molecule has 2 heteroatoms. The molecule has 0 amide bonds. The molecule has 1 aliphatic rings. The standard InChI is InChI=1S/C11H12FN/c1-8-10(12)7-11(13-8)9-5-3-2-4-6-9/h2-6,10-11,13H,1,7H2. The summed E-state index contributed by atoms with van der Waals surface area (Å²) in [7, 11) is 0. The van der Waals surface area contributed by atoms with E-state index in [1.54, 1.807) is 0 Å². The van der Waals surface area contributed by atoms with Crippen LogP contribution in [0.25, 0.3) is 0 Å². The van der Waals surface area contributed by atoms with Gasteiger partial charge in [0, 0.05) is 12.1 Å². The van der Waals surface area contributed by atoms with Crippen molar-refractivity contribution < 1.29 is 4.39 Å². The first-order chi connectivity index (χ1) is 6.27. The van der Waals surface area contributed by atoms with Crippen LogP contribution in [0, 0.1) is 0 Å². The lowest BCUT2D eigenvalue weighted by Gasteiger charge is -2.09. The van der Waals surface area contributed by atoms with Crippen LogP contribution in [0.1, 0.15) is 18.0 Å². The van der Waals surface area contributed by atoms with Gasteiger partial charge in [-0.1, -0.05) is 36.9 Å². The average Bonchev–Trinajstić information content (AvgIpc) is 2.49. The highest BCUT2D eigenvalue weighted by Gasteiger charge is 2.27. The van der Waals surface area contributed by atoms with Gasteiger partial charge in [-0.2, -0.15) is 0 Å². The Morgan fingerprint density at radius 1 is 1.31 bits per heavy atom. The lowest BCUT2D eigenvalue weighted by molar-refractivity contribution is 0.382. The Balaban J connectivity index is 2.17. The van der Waals surface area contributed by atoms with Crippen LogP contribution in [0.3, 0.4) is 0 Å². The van der Waals surface area contributed by atoms with Crippen LogP contribution in [0.5, 0.6) is 0 Å². The molecule has 1 fully saturated rings. The Hall–Kier alpha value is -1.31. The molecule has 1 N–H and O–H groups in total. The Morgan fingerprint density at radius 2 is 2.00 bits per heavy atom. The van der Waals surface area contributed by atoms with Crippen LogP contribution < -0.4 is 5.32 Å². The molecule has 0 aliphatic carbocycles. The molecule has 2 atom stereocenters. The molecule has 2 unspecified atom stereocenters. The van der Waals surface area contributed by atoms with Gasteiger partial charge in [-0.3, -0.25) is 0 Å². The number of rotatable bonds is 1. The number of halogens is 1. The van der Waals surface area contributed by atoms with Gasteiger partial charge in [-0.15, -0.1) is 0 Å². The summed E-state index contributed by atoms with van der Waals surface area (Å²) in [5, 5.41) is 3.05. The van der Waals surface area contributed by atoms with E-state index < -0.39 is 6.17 Å². The second-order valence-electron chi connectivity index (χ2n) is 3.34. The zero-order chi connectivity index (χ0) is 9.26. The minimum Gasteiger partial charge on any atom is -0.380 e. The molecule has 68 valence electrons. The number of hydrogen-bond acceptors (Lipinski definition) is 1. The molecule has 13 heavy (non-hydrogen) atoms. The molecule has 0 aromatic heterocycles. The van der Waals surface area contributed by atoms with Crippen molar-refractivity contribution in [3.63, 3.8) is 0 Å². The number of nitrogens with one attached hydrogen (secondary N) is 1. The van der Waals surface area contributed by atoms with Crippen molar-refractivity contribution in [1.82, 2.24) is 5.32 Å². The molecule has 1 heterocycles. The van der Waals surface area contributed by atoms with E-state index in [4.69, 9.17) is 0 Å². The Morgan fingerprint density at radius 3 is 2.54 bits per heavy atom. The number of benzene rings is 1. The maximum absolute atomic E-state index is 13.1. The van der Waals surface area contributed by atoms with Gasteiger partial charge >= 0.3 is 0 Å². The molecule has 0 radical (unpaired) electrons. The molecular weight excluding hydrogens is 165 g/mol. The molecule has 0 saturated carbocycles. The maximum atomic E-state index is 13.1. The zero-order valence-electron chi connectivity index (χ0n) is 7.33. The van der Waals surface area contributed by atoms with Crippen molar-refractivity contribution >= 4 is 0 Å². The second kappa shape index (κ2) is 3.21. The largest absolute Gasteiger partial charge is 0.380 e. The van der Waals surface area contributed by atoms with Gasteiger partial charge in [0.15, 0.2) is 0 Å². The van der Waals surface area contributed by atoms with Gasteiger partial charge in [0.2, 0.25) is 0 Å². The summed E-state index contributed by atoms with van der Waals surface area (Å²) in [6.45, 7) is 3.62. The molecule has 1 aromatic rings. The van der Waals surface area contributed by atoms with E-state index >= 15 is 0 Å². The summed E-state index contributed by atoms with van der Waals surface area (Å²) in [6, 6.07) is 9.99. The predicted molar refractivity (Wildman–Crippen MR) is 51.0 cm³/mol. The van der Waals surface area contributed by atoms with Gasteiger partial charge in [0.1, 0.15) is 6.17 Å². The van der Waals surface area contributed by atoms with Gasteiger partial charge < -0.3 is 5.32 Å². The minimum absolute atomic E-state index is 0.101. The third kappa shape index (κ3) is 1.57. The third-order valence-corrected chi connectivity index (χ3v) is 2.38. The van der Waals surface area contributed by atoms with Crippen molar-refractivity contribution in [3.05, 3.63) is 48.2 Å². The van der Waals surface area contributed by atoms with Crippen LogP contribution in [0.15, 0.2) is 42.6 Å². The summed E-state index contributed by atoms with van der Waals surface area (Å²) in [5.41, 5.74) is 1.64. The normalized spacial score (nSPS) is 27.3. The molecular formula is C11H12FN. The minimum atomic E-state index is -0.898. The fraction of sp³-hybridized carbons (Fsp3) is 0.273. The van der Waals surface area contributed by atoms with E-state index in [0.717, 1.165) is 5.56 Å². The fourth-order valence-corrected chi connectivity index (χ4v) is 1.63. The van der Waals surface area contributed by atoms with Crippen molar-refractivity contribution in [1.29, 1.82) is 0 Å². The SMILES string of the molecule is C=C1NC(c2ccccc2)CC1F. The lowest BCUT2D eigenvalue weighted by Crippen LogP contribution is -2.11. The van der Waals surface area contributed by atoms with Crippen molar-refractivity contribution in [2.75, 3.05) is 0 Å². The molecule has 0 spiro atoms. The zero-order valence-corrected chi connectivity index (χ0v) is 7.33. The predicted octanol–water partition coefficient (Wildman–Crippen LogP) is 2.57. The van der Waals surface area contributed by atoms with Crippen LogP contribution in [0.4, 0.5) is 4.39 Å². The number of allylic oxidation sites excluding steroid dienone is 1. The van der Waals surface area contributed by atoms with Gasteiger partial charge in [0.05, 0.1) is 6.04 Å². The first-order valence-electron chi connectivity index (χ1n) is 4.41. The van der Waals surface area contributed by atoms with Gasteiger partial charge in [-0.05, 0) is 5.56 Å². The molecule has 1 nitrogen and oxygen atoms in total. The van der Waals surface area contributed by atoms with Crippen LogP contribution in [0.2, 0.25) is 0 Å². The van der Waals surface area contributed by atoms with Gasteiger partial charge in [-0.25, -0.2) is 4.39 Å². The smallest absolute Gasteiger partial charge is 0.141 e. The summed E-state index contributed by atoms with van der Waals surface area (Å²) in [6.07, 6.45) is -0.395. The van der Waals surface area contributed by atoms with E-state index in [0.29, 0.717) is 12.1 Å². The van der Waals surface area contributed by atoms with Crippen molar-refractivity contribution in [2.45, 2.75) is 18.6 Å². The number of hydrogen-bond donors (Lipinski definition) is 1. The maximum Gasteiger partial charge on any atom is 0.141 e. The summed E-state index contributed by atoms with van der Waals surface area (Å²) < 4.78 is 13.1. The number of alkyl halides is 1. The van der Waals surface area contributed by atoms with Crippen LogP contribution in [-0.2, 0) is 0 Å². The Kier molecular flexibility index (Phi) is 2.05. The van der Waals surface area contributed by atoms with Gasteiger partial charge in [0.25, 0.3) is 0 Å². The lowest BCUT2D eigenvalue weighted by atomic mass is 10.1. The highest BCUT2D eigenvalue weighted by atomic mass is 19.1. The van der Waals surface area contributed by atoms with E-state index in [2.05, 4.69) is 11.9 Å². The third-order valence-electron chi connectivity index (χ3n) is 2.38. The molecule has 2 rings (SSSR count). The Bertz CT molecular complexity index is 307. The highest BCUT2D eigenvalue weighted by molar-refractivity contribution is 5.24. The van der Waals surface area contributed by atoms with E-state index in [1.165, 1.54) is 0 Å². The molecule has 1 aromatic carbocycles. The Labute approximate surface area is 77.3 Å². The fourth-order valence-electron chi connectivity index (χ4n) is 1.63. The van der Waals surface area contributed by atoms with Crippen LogP contribution in [-0.4, -0.2) is 6.17 Å². The topological polar surface area (TPSA) is 12.0 Å². The van der Waals surface area contributed by atoms with E-state index in [9.17, 15) is 4.39 Å². The summed E-state index contributed by atoms with van der Waals surface area (Å²) in [5.74, 6) is 0. The molecule has 1 saturated heterocycles. The quantitative estimate of drug-likeness (QED) is 0.695. The second-order valence-corrected chi connectivity index (χ2v) is 3.34. The first-order valence-corrected chi connectivity index (χ1v) is 4.41. The van der Waals surface area contributed by atoms with Crippen LogP contribution >= 0.6 is 0 Å². The average molecular weight is 177 g/mol. The van der Waals surface area contributed by atoms with Crippen molar-refractivity contribution in [2.24, 2.45) is 0 Å². The first kappa shape index (κ1) is 8.30. The highest BCUT2D eigenvalue weighted by Crippen LogP contribution is 2.29.